The molecule has 1 atom stereocenters. The smallest absolute Gasteiger partial charge is 0.280 e. The minimum absolute atomic E-state index is 0.00506. The third-order valence-electron chi connectivity index (χ3n) is 4.00. The molecule has 1 saturated carbocycles. The first-order valence-electron chi connectivity index (χ1n) is 6.99. The molecule has 1 unspecified atom stereocenters. The molecule has 1 aliphatic heterocycles. The Labute approximate surface area is 119 Å². The van der Waals surface area contributed by atoms with Crippen LogP contribution in [0.4, 0.5) is 0 Å². The molecule has 0 aromatic rings. The predicted molar refractivity (Wildman–Crippen MR) is 72.9 cm³/mol. The van der Waals surface area contributed by atoms with Crippen molar-refractivity contribution >= 4 is 22.0 Å². The molecule has 2 N–H and O–H groups in total. The van der Waals surface area contributed by atoms with Gasteiger partial charge in [-0.2, -0.15) is 17.4 Å². The number of carbonyl (C=O) groups is 2. The fourth-order valence-electron chi connectivity index (χ4n) is 2.71. The van der Waals surface area contributed by atoms with E-state index < -0.39 is 22.2 Å². The molecule has 0 bridgehead atoms. The van der Waals surface area contributed by atoms with Crippen molar-refractivity contribution in [1.29, 1.82) is 0 Å². The van der Waals surface area contributed by atoms with Gasteiger partial charge in [-0.3, -0.25) is 14.9 Å². The third kappa shape index (κ3) is 3.56. The first kappa shape index (κ1) is 15.4. The minimum atomic E-state index is -3.70. The zero-order valence-electron chi connectivity index (χ0n) is 11.6. The van der Waals surface area contributed by atoms with Gasteiger partial charge in [0.05, 0.1) is 0 Å². The van der Waals surface area contributed by atoms with E-state index in [0.29, 0.717) is 0 Å². The van der Waals surface area contributed by atoms with E-state index in [-0.39, 0.29) is 24.8 Å². The first-order valence-corrected chi connectivity index (χ1v) is 8.43. The molecule has 0 aromatic carbocycles. The topological polar surface area (TPSA) is 95.6 Å². The Kier molecular flexibility index (Phi) is 4.77. The fourth-order valence-corrected chi connectivity index (χ4v) is 4.06. The first-order chi connectivity index (χ1) is 9.40. The molecule has 8 heteroatoms. The Balaban J connectivity index is 1.99. The summed E-state index contributed by atoms with van der Waals surface area (Å²) in [6, 6.07) is -0.863. The molecular formula is C12H21N3O4S. The van der Waals surface area contributed by atoms with Crippen LogP contribution in [0.25, 0.3) is 0 Å². The van der Waals surface area contributed by atoms with Gasteiger partial charge in [0.2, 0.25) is 11.8 Å². The highest BCUT2D eigenvalue weighted by molar-refractivity contribution is 7.87. The van der Waals surface area contributed by atoms with Crippen molar-refractivity contribution in [3.8, 4) is 0 Å². The van der Waals surface area contributed by atoms with Crippen molar-refractivity contribution in [3.05, 3.63) is 0 Å². The lowest BCUT2D eigenvalue weighted by atomic mass is 9.96. The number of carbonyl (C=O) groups excluding carboxylic acids is 2. The van der Waals surface area contributed by atoms with Gasteiger partial charge in [0, 0.05) is 19.5 Å². The molecule has 0 spiro atoms. The summed E-state index contributed by atoms with van der Waals surface area (Å²) in [6.45, 7) is 0. The molecule has 20 heavy (non-hydrogen) atoms. The number of nitrogens with one attached hydrogen (secondary N) is 2. The fraction of sp³-hybridized carbons (Fsp3) is 0.833. The van der Waals surface area contributed by atoms with Gasteiger partial charge in [0.15, 0.2) is 0 Å². The number of amides is 2. The molecule has 2 rings (SSSR count). The standard InChI is InChI=1S/C12H21N3O4S/c1-15(9-5-3-2-4-6-9)20(18,19)14-10-7-8-11(16)13-12(10)17/h9-10,14H,2-8H2,1H3,(H,13,16,17). The van der Waals surface area contributed by atoms with Crippen LogP contribution in [-0.4, -0.2) is 43.7 Å². The van der Waals surface area contributed by atoms with Crippen LogP contribution in [0, 0.1) is 0 Å². The second-order valence-electron chi connectivity index (χ2n) is 5.43. The van der Waals surface area contributed by atoms with Gasteiger partial charge in [-0.1, -0.05) is 19.3 Å². The maximum absolute atomic E-state index is 12.3. The summed E-state index contributed by atoms with van der Waals surface area (Å²) in [5.41, 5.74) is 0. The van der Waals surface area contributed by atoms with Crippen LogP contribution in [-0.2, 0) is 19.8 Å². The summed E-state index contributed by atoms with van der Waals surface area (Å²) >= 11 is 0. The summed E-state index contributed by atoms with van der Waals surface area (Å²) in [5, 5.41) is 2.15. The highest BCUT2D eigenvalue weighted by Gasteiger charge is 2.34. The van der Waals surface area contributed by atoms with E-state index >= 15 is 0 Å². The van der Waals surface area contributed by atoms with E-state index in [1.54, 1.807) is 7.05 Å². The number of rotatable bonds is 4. The van der Waals surface area contributed by atoms with E-state index in [9.17, 15) is 18.0 Å². The molecule has 2 amide bonds. The summed E-state index contributed by atoms with van der Waals surface area (Å²) in [4.78, 5) is 22.7. The maximum Gasteiger partial charge on any atom is 0.280 e. The van der Waals surface area contributed by atoms with Gasteiger partial charge >= 0.3 is 0 Å². The Morgan fingerprint density at radius 1 is 1.15 bits per heavy atom. The number of hydrogen-bond donors (Lipinski definition) is 2. The second kappa shape index (κ2) is 6.19. The lowest BCUT2D eigenvalue weighted by molar-refractivity contribution is -0.134. The molecule has 2 fully saturated rings. The van der Waals surface area contributed by atoms with Crippen molar-refractivity contribution in [1.82, 2.24) is 14.3 Å². The zero-order valence-corrected chi connectivity index (χ0v) is 12.4. The molecule has 1 heterocycles. The minimum Gasteiger partial charge on any atom is -0.295 e. The van der Waals surface area contributed by atoms with E-state index in [0.717, 1.165) is 32.1 Å². The second-order valence-corrected chi connectivity index (χ2v) is 7.20. The quantitative estimate of drug-likeness (QED) is 0.708. The Bertz CT molecular complexity index is 485. The summed E-state index contributed by atoms with van der Waals surface area (Å²) in [7, 11) is -2.15. The molecule has 1 aliphatic carbocycles. The van der Waals surface area contributed by atoms with Crippen molar-refractivity contribution in [3.63, 3.8) is 0 Å². The van der Waals surface area contributed by atoms with Crippen LogP contribution in [0.3, 0.4) is 0 Å². The van der Waals surface area contributed by atoms with Crippen LogP contribution in [0.15, 0.2) is 0 Å². The van der Waals surface area contributed by atoms with Crippen molar-refractivity contribution in [2.45, 2.75) is 57.0 Å². The lowest BCUT2D eigenvalue weighted by Crippen LogP contribution is -2.56. The normalized spacial score (nSPS) is 25.8. The van der Waals surface area contributed by atoms with Crippen LogP contribution in [0.2, 0.25) is 0 Å². The molecule has 1 saturated heterocycles. The van der Waals surface area contributed by atoms with Gasteiger partial charge in [-0.15, -0.1) is 0 Å². The van der Waals surface area contributed by atoms with E-state index in [1.807, 2.05) is 0 Å². The zero-order chi connectivity index (χ0) is 14.8. The number of hydrogen-bond acceptors (Lipinski definition) is 4. The average molecular weight is 303 g/mol. The molecule has 114 valence electrons. The molecule has 0 radical (unpaired) electrons. The average Bonchev–Trinajstić information content (AvgIpc) is 2.42. The van der Waals surface area contributed by atoms with E-state index in [1.165, 1.54) is 4.31 Å². The van der Waals surface area contributed by atoms with E-state index in [2.05, 4.69) is 10.0 Å². The summed E-state index contributed by atoms with van der Waals surface area (Å²) in [6.07, 6.45) is 5.28. The van der Waals surface area contributed by atoms with Crippen LogP contribution in [0.5, 0.6) is 0 Å². The molecule has 0 aromatic heterocycles. The molecular weight excluding hydrogens is 282 g/mol. The summed E-state index contributed by atoms with van der Waals surface area (Å²) < 4.78 is 28.3. The van der Waals surface area contributed by atoms with Crippen molar-refractivity contribution in [2.24, 2.45) is 0 Å². The Hall–Kier alpha value is -0.990. The number of nitrogens with zero attached hydrogens (tertiary/aromatic N) is 1. The van der Waals surface area contributed by atoms with Gasteiger partial charge in [0.25, 0.3) is 10.2 Å². The predicted octanol–water partition coefficient (Wildman–Crippen LogP) is -0.109. The number of imide groups is 1. The van der Waals surface area contributed by atoms with E-state index in [4.69, 9.17) is 0 Å². The lowest BCUT2D eigenvalue weighted by Gasteiger charge is -2.32. The Morgan fingerprint density at radius 3 is 2.40 bits per heavy atom. The van der Waals surface area contributed by atoms with Crippen LogP contribution < -0.4 is 10.0 Å². The maximum atomic E-state index is 12.3. The van der Waals surface area contributed by atoms with Gasteiger partial charge < -0.3 is 0 Å². The number of piperidine rings is 1. The Morgan fingerprint density at radius 2 is 1.80 bits per heavy atom. The highest BCUT2D eigenvalue weighted by Crippen LogP contribution is 2.23. The monoisotopic (exact) mass is 303 g/mol. The third-order valence-corrected chi connectivity index (χ3v) is 5.64. The largest absolute Gasteiger partial charge is 0.295 e. The van der Waals surface area contributed by atoms with Crippen molar-refractivity contribution in [2.75, 3.05) is 7.05 Å². The van der Waals surface area contributed by atoms with Gasteiger partial charge in [-0.25, -0.2) is 0 Å². The summed E-state index contributed by atoms with van der Waals surface area (Å²) in [5.74, 6) is -0.923. The highest BCUT2D eigenvalue weighted by atomic mass is 32.2. The van der Waals surface area contributed by atoms with Gasteiger partial charge in [-0.05, 0) is 19.3 Å². The molecule has 7 nitrogen and oxygen atoms in total. The van der Waals surface area contributed by atoms with Crippen molar-refractivity contribution < 1.29 is 18.0 Å². The van der Waals surface area contributed by atoms with Crippen LogP contribution in [0.1, 0.15) is 44.9 Å². The van der Waals surface area contributed by atoms with Gasteiger partial charge in [0.1, 0.15) is 6.04 Å². The SMILES string of the molecule is CN(C1CCCCC1)S(=O)(=O)NC1CCC(=O)NC1=O. The van der Waals surface area contributed by atoms with Crippen LogP contribution >= 0.6 is 0 Å². The molecule has 2 aliphatic rings.